The van der Waals surface area contributed by atoms with Crippen LogP contribution in [0.2, 0.25) is 5.02 Å². The monoisotopic (exact) mass is 352 g/mol. The fourth-order valence-corrected chi connectivity index (χ4v) is 2.81. The van der Waals surface area contributed by atoms with E-state index in [2.05, 4.69) is 33.3 Å². The van der Waals surface area contributed by atoms with Gasteiger partial charge in [0.15, 0.2) is 0 Å². The zero-order valence-corrected chi connectivity index (χ0v) is 15.3. The molecule has 6 heteroatoms. The lowest BCUT2D eigenvalue weighted by Crippen LogP contribution is -2.09. The summed E-state index contributed by atoms with van der Waals surface area (Å²) in [5.74, 6) is 2.07. The van der Waals surface area contributed by atoms with Crippen LogP contribution in [0.3, 0.4) is 0 Å². The van der Waals surface area contributed by atoms with Crippen LogP contribution in [0.1, 0.15) is 41.2 Å². The third-order valence-corrected chi connectivity index (χ3v) is 4.52. The maximum Gasteiger partial charge on any atom is 0.149 e. The van der Waals surface area contributed by atoms with Gasteiger partial charge in [-0.2, -0.15) is 0 Å². The Morgan fingerprint density at radius 2 is 1.91 bits per heavy atom. The topological polar surface area (TPSA) is 50.7 Å². The maximum atomic E-state index is 6.27. The molecule has 0 aromatic carbocycles. The fourth-order valence-electron chi connectivity index (χ4n) is 2.47. The van der Waals surface area contributed by atoms with E-state index in [0.29, 0.717) is 29.1 Å². The highest BCUT2D eigenvalue weighted by atomic mass is 35.5. The number of halogens is 2. The minimum Gasteiger partial charge on any atom is -0.363 e. The van der Waals surface area contributed by atoms with Crippen molar-refractivity contribution < 1.29 is 0 Å². The number of hydrogen-bond donors (Lipinski definition) is 1. The zero-order chi connectivity index (χ0) is 16.8. The third-order valence-electron chi connectivity index (χ3n) is 3.80. The van der Waals surface area contributed by atoms with Crippen LogP contribution in [0.5, 0.6) is 0 Å². The van der Waals surface area contributed by atoms with Gasteiger partial charge in [-0.3, -0.25) is 4.98 Å². The van der Waals surface area contributed by atoms with Crippen LogP contribution in [-0.2, 0) is 13.0 Å². The second-order valence-corrected chi connectivity index (χ2v) is 6.32. The minimum atomic E-state index is 0.562. The third kappa shape index (κ3) is 4.79. The first-order chi connectivity index (χ1) is 11.0. The van der Waals surface area contributed by atoms with E-state index in [1.807, 2.05) is 20.0 Å². The Bertz CT molecular complexity index is 674. The van der Waals surface area contributed by atoms with Gasteiger partial charge in [0, 0.05) is 12.1 Å². The van der Waals surface area contributed by atoms with Crippen molar-refractivity contribution in [2.75, 3.05) is 11.2 Å². The molecule has 0 aliphatic rings. The fraction of sp³-hybridized carbons (Fsp3) is 0.471. The maximum absolute atomic E-state index is 6.27. The van der Waals surface area contributed by atoms with Gasteiger partial charge in [0.25, 0.3) is 0 Å². The number of hydrogen-bond acceptors (Lipinski definition) is 4. The van der Waals surface area contributed by atoms with Gasteiger partial charge < -0.3 is 5.32 Å². The smallest absolute Gasteiger partial charge is 0.149 e. The van der Waals surface area contributed by atoms with Crippen molar-refractivity contribution in [2.45, 2.75) is 46.6 Å². The molecule has 0 fully saturated rings. The minimum absolute atomic E-state index is 0.562. The number of aromatic nitrogens is 3. The molecule has 4 nitrogen and oxygen atoms in total. The van der Waals surface area contributed by atoms with Gasteiger partial charge in [0.05, 0.1) is 17.9 Å². The van der Waals surface area contributed by atoms with E-state index in [1.165, 1.54) is 11.1 Å². The van der Waals surface area contributed by atoms with Gasteiger partial charge >= 0.3 is 0 Å². The van der Waals surface area contributed by atoms with Crippen LogP contribution in [0.15, 0.2) is 12.3 Å². The number of rotatable bonds is 7. The zero-order valence-electron chi connectivity index (χ0n) is 13.8. The molecule has 0 radical (unpaired) electrons. The SMILES string of the molecule is Cc1nc(C)c(Cl)c(NCc2nccc(CCCCCl)c2C)n1. The second kappa shape index (κ2) is 8.46. The molecule has 0 unspecified atom stereocenters. The Morgan fingerprint density at radius 1 is 1.13 bits per heavy atom. The van der Waals surface area contributed by atoms with Crippen molar-refractivity contribution in [1.82, 2.24) is 15.0 Å². The summed E-state index contributed by atoms with van der Waals surface area (Å²) in [4.78, 5) is 13.1. The largest absolute Gasteiger partial charge is 0.363 e. The molecule has 0 bridgehead atoms. The molecular formula is C17H22Cl2N4. The molecule has 2 aromatic rings. The van der Waals surface area contributed by atoms with Crippen LogP contribution < -0.4 is 5.32 Å². The standard InChI is InChI=1S/C17H22Cl2N4/c1-11-14(6-4-5-8-18)7-9-20-15(11)10-21-17-16(19)12(2)22-13(3)23-17/h7,9H,4-6,8,10H2,1-3H3,(H,21,22,23). The van der Waals surface area contributed by atoms with E-state index in [1.54, 1.807) is 0 Å². The number of unbranched alkanes of at least 4 members (excludes halogenated alkanes) is 1. The van der Waals surface area contributed by atoms with Crippen LogP contribution >= 0.6 is 23.2 Å². The van der Waals surface area contributed by atoms with Crippen LogP contribution in [-0.4, -0.2) is 20.8 Å². The van der Waals surface area contributed by atoms with Crippen molar-refractivity contribution in [3.63, 3.8) is 0 Å². The van der Waals surface area contributed by atoms with Crippen molar-refractivity contribution in [2.24, 2.45) is 0 Å². The van der Waals surface area contributed by atoms with Crippen LogP contribution in [0, 0.1) is 20.8 Å². The molecule has 1 N–H and O–H groups in total. The molecule has 0 amide bonds. The highest BCUT2D eigenvalue weighted by Crippen LogP contribution is 2.23. The molecule has 0 spiro atoms. The summed E-state index contributed by atoms with van der Waals surface area (Å²) in [5.41, 5.74) is 4.33. The van der Waals surface area contributed by atoms with Gasteiger partial charge in [-0.1, -0.05) is 11.6 Å². The lowest BCUT2D eigenvalue weighted by Gasteiger charge is -2.13. The number of alkyl halides is 1. The Morgan fingerprint density at radius 3 is 2.65 bits per heavy atom. The van der Waals surface area contributed by atoms with E-state index < -0.39 is 0 Å². The van der Waals surface area contributed by atoms with E-state index in [9.17, 15) is 0 Å². The summed E-state index contributed by atoms with van der Waals surface area (Å²) in [5, 5.41) is 3.84. The van der Waals surface area contributed by atoms with Gasteiger partial charge in [0.2, 0.25) is 0 Å². The number of pyridine rings is 1. The van der Waals surface area contributed by atoms with E-state index in [0.717, 1.165) is 30.7 Å². The van der Waals surface area contributed by atoms with Crippen molar-refractivity contribution in [3.05, 3.63) is 45.6 Å². The Kier molecular flexibility index (Phi) is 6.60. The molecule has 124 valence electrons. The first-order valence-electron chi connectivity index (χ1n) is 7.77. The average molecular weight is 353 g/mol. The van der Waals surface area contributed by atoms with Crippen molar-refractivity contribution in [1.29, 1.82) is 0 Å². The summed E-state index contributed by atoms with van der Waals surface area (Å²) in [6.45, 7) is 6.43. The molecule has 23 heavy (non-hydrogen) atoms. The number of nitrogens with zero attached hydrogens (tertiary/aromatic N) is 3. The normalized spacial score (nSPS) is 10.8. The van der Waals surface area contributed by atoms with Gasteiger partial charge in [-0.25, -0.2) is 9.97 Å². The average Bonchev–Trinajstić information content (AvgIpc) is 2.52. The molecule has 0 atom stereocenters. The van der Waals surface area contributed by atoms with Crippen molar-refractivity contribution in [3.8, 4) is 0 Å². The van der Waals surface area contributed by atoms with E-state index in [4.69, 9.17) is 23.2 Å². The summed E-state index contributed by atoms with van der Waals surface area (Å²) >= 11 is 12.0. The molecule has 0 aliphatic carbocycles. The molecule has 2 aromatic heterocycles. The van der Waals surface area contributed by atoms with Crippen LogP contribution in [0.25, 0.3) is 0 Å². The first kappa shape index (κ1) is 18.0. The van der Waals surface area contributed by atoms with E-state index >= 15 is 0 Å². The summed E-state index contributed by atoms with van der Waals surface area (Å²) in [6, 6.07) is 2.08. The van der Waals surface area contributed by atoms with Gasteiger partial charge in [-0.05, 0) is 57.2 Å². The lowest BCUT2D eigenvalue weighted by molar-refractivity contribution is 0.790. The summed E-state index contributed by atoms with van der Waals surface area (Å²) in [6.07, 6.45) is 5.02. The second-order valence-electron chi connectivity index (χ2n) is 5.56. The molecule has 2 heterocycles. The van der Waals surface area contributed by atoms with E-state index in [-0.39, 0.29) is 0 Å². The predicted molar refractivity (Wildman–Crippen MR) is 96.5 cm³/mol. The molecule has 0 saturated carbocycles. The lowest BCUT2D eigenvalue weighted by atomic mass is 10.0. The summed E-state index contributed by atoms with van der Waals surface area (Å²) in [7, 11) is 0. The highest BCUT2D eigenvalue weighted by Gasteiger charge is 2.10. The van der Waals surface area contributed by atoms with Crippen LogP contribution in [0.4, 0.5) is 5.82 Å². The number of aryl methyl sites for hydroxylation is 3. The number of anilines is 1. The number of nitrogens with one attached hydrogen (secondary N) is 1. The molecule has 2 rings (SSSR count). The first-order valence-corrected chi connectivity index (χ1v) is 8.68. The quantitative estimate of drug-likeness (QED) is 0.583. The Balaban J connectivity index is 2.10. The van der Waals surface area contributed by atoms with Gasteiger partial charge in [0.1, 0.15) is 16.7 Å². The van der Waals surface area contributed by atoms with Crippen molar-refractivity contribution >= 4 is 29.0 Å². The predicted octanol–water partition coefficient (Wildman–Crippen LogP) is 4.62. The molecule has 0 aliphatic heterocycles. The van der Waals surface area contributed by atoms with Gasteiger partial charge in [-0.15, -0.1) is 11.6 Å². The molecule has 0 saturated heterocycles. The Hall–Kier alpha value is -1.39. The summed E-state index contributed by atoms with van der Waals surface area (Å²) < 4.78 is 0. The molecular weight excluding hydrogens is 331 g/mol. The highest BCUT2D eigenvalue weighted by molar-refractivity contribution is 6.33. The Labute approximate surface area is 147 Å².